The lowest BCUT2D eigenvalue weighted by Crippen LogP contribution is -2.41. The molecule has 2 aromatic rings. The number of rotatable bonds is 6. The minimum absolute atomic E-state index is 0.100. The summed E-state index contributed by atoms with van der Waals surface area (Å²) in [4.78, 5) is 13.4. The Balaban J connectivity index is 1.73. The molecule has 0 atom stereocenters. The summed E-state index contributed by atoms with van der Waals surface area (Å²) in [6, 6.07) is 8.37. The molecule has 1 fully saturated rings. The van der Waals surface area contributed by atoms with Gasteiger partial charge in [-0.05, 0) is 69.4 Å². The van der Waals surface area contributed by atoms with E-state index in [0.717, 1.165) is 26.6 Å². The van der Waals surface area contributed by atoms with E-state index in [-0.39, 0.29) is 29.8 Å². The predicted octanol–water partition coefficient (Wildman–Crippen LogP) is 3.21. The van der Waals surface area contributed by atoms with Crippen molar-refractivity contribution in [1.82, 2.24) is 8.61 Å². The number of sulfonamides is 2. The minimum atomic E-state index is -3.65. The highest BCUT2D eigenvalue weighted by atomic mass is 32.2. The van der Waals surface area contributed by atoms with Gasteiger partial charge >= 0.3 is 0 Å². The van der Waals surface area contributed by atoms with Crippen molar-refractivity contribution in [3.05, 3.63) is 52.6 Å². The van der Waals surface area contributed by atoms with Crippen molar-refractivity contribution in [3.63, 3.8) is 0 Å². The van der Waals surface area contributed by atoms with Crippen LogP contribution in [0.4, 0.5) is 5.69 Å². The zero-order valence-corrected chi connectivity index (χ0v) is 22.2. The topological polar surface area (TPSA) is 104 Å². The molecule has 1 amide bonds. The van der Waals surface area contributed by atoms with Crippen LogP contribution in [-0.2, 0) is 24.8 Å². The molecule has 0 saturated carbocycles. The van der Waals surface area contributed by atoms with Crippen LogP contribution in [0.5, 0.6) is 0 Å². The molecule has 0 unspecified atom stereocenters. The van der Waals surface area contributed by atoms with Crippen molar-refractivity contribution in [3.8, 4) is 0 Å². The number of hydrogen-bond donors (Lipinski definition) is 1. The van der Waals surface area contributed by atoms with Gasteiger partial charge in [0.15, 0.2) is 0 Å². The number of carbonyl (C=O) groups excluding carboxylic acids is 1. The summed E-state index contributed by atoms with van der Waals surface area (Å²) in [5, 5.41) is 2.85. The summed E-state index contributed by atoms with van der Waals surface area (Å²) in [6.07, 6.45) is 0.785. The number of nitrogens with one attached hydrogen (secondary N) is 1. The number of hydrogen-bond acceptors (Lipinski definition) is 5. The molecule has 0 spiro atoms. The maximum Gasteiger partial charge on any atom is 0.243 e. The largest absolute Gasteiger partial charge is 0.326 e. The number of aryl methyl sites for hydroxylation is 4. The van der Waals surface area contributed by atoms with Crippen LogP contribution in [0, 0.1) is 33.6 Å². The van der Waals surface area contributed by atoms with Crippen molar-refractivity contribution >= 4 is 31.6 Å². The van der Waals surface area contributed by atoms with Gasteiger partial charge < -0.3 is 5.32 Å². The van der Waals surface area contributed by atoms with Crippen LogP contribution in [0.15, 0.2) is 40.1 Å². The fraction of sp³-hybridized carbons (Fsp3) is 0.458. The number of benzene rings is 2. The minimum Gasteiger partial charge on any atom is -0.326 e. The fourth-order valence-corrected chi connectivity index (χ4v) is 7.21. The van der Waals surface area contributed by atoms with E-state index < -0.39 is 20.0 Å². The number of nitrogens with zero attached hydrogens (tertiary/aromatic N) is 2. The molecule has 8 nitrogen and oxygen atoms in total. The summed E-state index contributed by atoms with van der Waals surface area (Å²) in [5.74, 6) is -0.595. The molecule has 0 bridgehead atoms. The van der Waals surface area contributed by atoms with Gasteiger partial charge in [-0.2, -0.15) is 4.31 Å². The first kappa shape index (κ1) is 26.3. The van der Waals surface area contributed by atoms with E-state index in [9.17, 15) is 21.6 Å². The molecule has 10 heteroatoms. The lowest BCUT2D eigenvalue weighted by molar-refractivity contribution is -0.120. The Morgan fingerprint density at radius 3 is 2.00 bits per heavy atom. The summed E-state index contributed by atoms with van der Waals surface area (Å²) in [5.41, 5.74) is 3.65. The van der Waals surface area contributed by atoms with Crippen molar-refractivity contribution in [2.24, 2.45) is 5.92 Å². The molecular formula is C24H33N3O5S2. The van der Waals surface area contributed by atoms with E-state index in [1.165, 1.54) is 30.5 Å². The van der Waals surface area contributed by atoms with E-state index in [0.29, 0.717) is 23.4 Å². The Labute approximate surface area is 203 Å². The van der Waals surface area contributed by atoms with Crippen molar-refractivity contribution in [2.45, 2.75) is 50.3 Å². The highest BCUT2D eigenvalue weighted by Crippen LogP contribution is 2.30. The average Bonchev–Trinajstić information content (AvgIpc) is 2.74. The quantitative estimate of drug-likeness (QED) is 0.647. The van der Waals surface area contributed by atoms with Crippen LogP contribution in [0.1, 0.15) is 35.1 Å². The first-order valence-electron chi connectivity index (χ1n) is 11.2. The smallest absolute Gasteiger partial charge is 0.243 e. The molecule has 1 saturated heterocycles. The third-order valence-corrected chi connectivity index (χ3v) is 10.3. The molecule has 0 aliphatic carbocycles. The standard InChI is InChI=1S/C24H33N3O5S2/c1-16-13-18(3)23(19(4)14-16)34(31,32)27-11-9-20(10-12-27)24(28)25-22-15-21(8-7-17(22)2)33(29,30)26(5)6/h7-8,13-15,20H,9-12H2,1-6H3,(H,25,28). The average molecular weight is 508 g/mol. The molecule has 2 aromatic carbocycles. The number of anilines is 1. The van der Waals surface area contributed by atoms with Crippen molar-refractivity contribution < 1.29 is 21.6 Å². The monoisotopic (exact) mass is 507 g/mol. The zero-order valence-electron chi connectivity index (χ0n) is 20.5. The third kappa shape index (κ3) is 5.19. The van der Waals surface area contributed by atoms with Crippen LogP contribution in [0.2, 0.25) is 0 Å². The van der Waals surface area contributed by atoms with Gasteiger partial charge in [-0.3, -0.25) is 4.79 Å². The Hall–Kier alpha value is -2.27. The lowest BCUT2D eigenvalue weighted by atomic mass is 9.97. The second kappa shape index (κ2) is 9.77. The summed E-state index contributed by atoms with van der Waals surface area (Å²) < 4.78 is 54.1. The summed E-state index contributed by atoms with van der Waals surface area (Å²) in [6.45, 7) is 7.85. The lowest BCUT2D eigenvalue weighted by Gasteiger charge is -2.31. The number of piperidine rings is 1. The first-order valence-corrected chi connectivity index (χ1v) is 14.0. The first-order chi connectivity index (χ1) is 15.7. The Bertz CT molecular complexity index is 1290. The van der Waals surface area contributed by atoms with Crippen molar-refractivity contribution in [2.75, 3.05) is 32.5 Å². The second-order valence-corrected chi connectivity index (χ2v) is 13.2. The van der Waals surface area contributed by atoms with Gasteiger partial charge in [0.05, 0.1) is 9.79 Å². The SMILES string of the molecule is Cc1cc(C)c(S(=O)(=O)N2CCC(C(=O)Nc3cc(S(=O)(=O)N(C)C)ccc3C)CC2)c(C)c1. The van der Waals surface area contributed by atoms with E-state index in [4.69, 9.17) is 0 Å². The molecule has 3 rings (SSSR count). The summed E-state index contributed by atoms with van der Waals surface area (Å²) in [7, 11) is -4.38. The van der Waals surface area contributed by atoms with Crippen LogP contribution < -0.4 is 5.32 Å². The van der Waals surface area contributed by atoms with Gasteiger partial charge in [0, 0.05) is 38.8 Å². The maximum atomic E-state index is 13.3. The van der Waals surface area contributed by atoms with Gasteiger partial charge in [-0.1, -0.05) is 23.8 Å². The zero-order chi connectivity index (χ0) is 25.4. The van der Waals surface area contributed by atoms with Gasteiger partial charge in [-0.15, -0.1) is 0 Å². The van der Waals surface area contributed by atoms with E-state index >= 15 is 0 Å². The summed E-state index contributed by atoms with van der Waals surface area (Å²) >= 11 is 0. The molecule has 1 N–H and O–H groups in total. The maximum absolute atomic E-state index is 13.3. The van der Waals surface area contributed by atoms with Gasteiger partial charge in [0.2, 0.25) is 26.0 Å². The van der Waals surface area contributed by atoms with E-state index in [2.05, 4.69) is 5.32 Å². The van der Waals surface area contributed by atoms with E-state index in [1.54, 1.807) is 26.8 Å². The Morgan fingerprint density at radius 2 is 1.47 bits per heavy atom. The molecule has 0 radical (unpaired) electrons. The van der Waals surface area contributed by atoms with Gasteiger partial charge in [-0.25, -0.2) is 21.1 Å². The van der Waals surface area contributed by atoms with E-state index in [1.807, 2.05) is 19.1 Å². The van der Waals surface area contributed by atoms with Crippen LogP contribution in [0.25, 0.3) is 0 Å². The highest BCUT2D eigenvalue weighted by Gasteiger charge is 2.34. The number of carbonyl (C=O) groups is 1. The van der Waals surface area contributed by atoms with Crippen molar-refractivity contribution in [1.29, 1.82) is 0 Å². The molecular weight excluding hydrogens is 474 g/mol. The van der Waals surface area contributed by atoms with Crippen LogP contribution in [-0.4, -0.2) is 58.5 Å². The second-order valence-electron chi connectivity index (χ2n) is 9.16. The predicted molar refractivity (Wildman–Crippen MR) is 133 cm³/mol. The fourth-order valence-electron chi connectivity index (χ4n) is 4.40. The van der Waals surface area contributed by atoms with Gasteiger partial charge in [0.25, 0.3) is 0 Å². The highest BCUT2D eigenvalue weighted by molar-refractivity contribution is 7.89. The molecule has 1 aliphatic heterocycles. The van der Waals surface area contributed by atoms with Gasteiger partial charge in [0.1, 0.15) is 0 Å². The Morgan fingerprint density at radius 1 is 0.912 bits per heavy atom. The molecule has 34 heavy (non-hydrogen) atoms. The third-order valence-electron chi connectivity index (χ3n) is 6.27. The molecule has 186 valence electrons. The Kier molecular flexibility index (Phi) is 7.57. The molecule has 1 heterocycles. The van der Waals surface area contributed by atoms with Crippen LogP contribution >= 0.6 is 0 Å². The van der Waals surface area contributed by atoms with Crippen LogP contribution in [0.3, 0.4) is 0 Å². The molecule has 1 aliphatic rings. The number of amides is 1. The normalized spacial score (nSPS) is 16.1. The molecule has 0 aromatic heterocycles.